The van der Waals surface area contributed by atoms with Crippen LogP contribution in [0.5, 0.6) is 5.75 Å². The van der Waals surface area contributed by atoms with Crippen molar-refractivity contribution < 1.29 is 19.4 Å². The molecule has 29 heavy (non-hydrogen) atoms. The van der Waals surface area contributed by atoms with Gasteiger partial charge in [-0.15, -0.1) is 0 Å². The van der Waals surface area contributed by atoms with E-state index in [1.807, 2.05) is 55.5 Å². The fourth-order valence-electron chi connectivity index (χ4n) is 4.31. The van der Waals surface area contributed by atoms with Crippen molar-refractivity contribution in [3.8, 4) is 5.75 Å². The van der Waals surface area contributed by atoms with E-state index in [1.54, 1.807) is 0 Å². The van der Waals surface area contributed by atoms with Gasteiger partial charge in [0.25, 0.3) is 0 Å². The van der Waals surface area contributed by atoms with Gasteiger partial charge in [0.15, 0.2) is 0 Å². The Morgan fingerprint density at radius 1 is 1.07 bits per heavy atom. The van der Waals surface area contributed by atoms with Crippen molar-refractivity contribution in [1.82, 2.24) is 0 Å². The molecule has 148 valence electrons. The largest absolute Gasteiger partial charge is 0.481 e. The number of benzene rings is 3. The third-order valence-corrected chi connectivity index (χ3v) is 5.88. The fourth-order valence-corrected chi connectivity index (χ4v) is 4.31. The predicted octanol–water partition coefficient (Wildman–Crippen LogP) is 5.52. The first-order chi connectivity index (χ1) is 14.0. The van der Waals surface area contributed by atoms with Crippen molar-refractivity contribution in [2.24, 2.45) is 11.8 Å². The Balaban J connectivity index is 1.84. The molecular weight excluding hydrogens is 364 g/mol. The summed E-state index contributed by atoms with van der Waals surface area (Å²) < 4.78 is 6.01. The smallest absolute Gasteiger partial charge is 0.315 e. The lowest BCUT2D eigenvalue weighted by molar-refractivity contribution is -0.152. The molecule has 0 saturated heterocycles. The summed E-state index contributed by atoms with van der Waals surface area (Å²) in [6.45, 7) is 3.98. The summed E-state index contributed by atoms with van der Waals surface area (Å²) in [5.74, 6) is -2.31. The van der Waals surface area contributed by atoms with Gasteiger partial charge in [-0.2, -0.15) is 0 Å². The van der Waals surface area contributed by atoms with E-state index >= 15 is 0 Å². The molecule has 4 nitrogen and oxygen atoms in total. The highest BCUT2D eigenvalue weighted by molar-refractivity contribution is 6.08. The summed E-state index contributed by atoms with van der Waals surface area (Å²) in [4.78, 5) is 24.9. The first kappa shape index (κ1) is 19.2. The topological polar surface area (TPSA) is 63.6 Å². The molecule has 1 aliphatic carbocycles. The molecule has 2 unspecified atom stereocenters. The van der Waals surface area contributed by atoms with E-state index in [1.165, 1.54) is 0 Å². The van der Waals surface area contributed by atoms with Crippen molar-refractivity contribution in [2.75, 3.05) is 0 Å². The summed E-state index contributed by atoms with van der Waals surface area (Å²) in [6, 6.07) is 16.0. The predicted molar refractivity (Wildman–Crippen MR) is 114 cm³/mol. The second-order valence-electron chi connectivity index (χ2n) is 7.76. The number of allylic oxidation sites excluding steroid dienone is 2. The van der Waals surface area contributed by atoms with Gasteiger partial charge in [0.1, 0.15) is 5.75 Å². The lowest BCUT2D eigenvalue weighted by Gasteiger charge is -2.26. The van der Waals surface area contributed by atoms with Crippen LogP contribution < -0.4 is 4.74 Å². The number of carboxylic acid groups (broad SMARTS) is 1. The molecule has 0 amide bonds. The maximum absolute atomic E-state index is 13.2. The van der Waals surface area contributed by atoms with E-state index in [9.17, 15) is 14.7 Å². The third-order valence-electron chi connectivity index (χ3n) is 5.88. The van der Waals surface area contributed by atoms with E-state index in [0.29, 0.717) is 18.6 Å². The maximum atomic E-state index is 13.2. The Morgan fingerprint density at radius 2 is 1.83 bits per heavy atom. The average molecular weight is 388 g/mol. The highest BCUT2D eigenvalue weighted by Crippen LogP contribution is 2.39. The number of rotatable bonds is 4. The molecule has 1 N–H and O–H groups in total. The molecule has 0 heterocycles. The highest BCUT2D eigenvalue weighted by Gasteiger charge is 2.37. The molecular formula is C25H24O4. The van der Waals surface area contributed by atoms with Crippen LogP contribution in [0.3, 0.4) is 0 Å². The van der Waals surface area contributed by atoms with E-state index in [4.69, 9.17) is 4.74 Å². The van der Waals surface area contributed by atoms with E-state index < -0.39 is 23.8 Å². The van der Waals surface area contributed by atoms with E-state index in [2.05, 4.69) is 13.0 Å². The SMILES string of the molecule is CCc1cccc2cc3ccccc3c(OC(=O)C3CC=C(C)CC3C(=O)O)c12. The number of hydrogen-bond acceptors (Lipinski definition) is 3. The van der Waals surface area contributed by atoms with Crippen LogP contribution >= 0.6 is 0 Å². The second kappa shape index (κ2) is 7.70. The number of aliphatic carboxylic acids is 1. The first-order valence-corrected chi connectivity index (χ1v) is 10.0. The molecule has 0 spiro atoms. The Kier molecular flexibility index (Phi) is 5.10. The second-order valence-corrected chi connectivity index (χ2v) is 7.76. The lowest BCUT2D eigenvalue weighted by Crippen LogP contribution is -2.34. The van der Waals surface area contributed by atoms with Gasteiger partial charge < -0.3 is 9.84 Å². The minimum atomic E-state index is -0.948. The molecule has 0 saturated carbocycles. The Bertz CT molecular complexity index is 1140. The number of hydrogen-bond donors (Lipinski definition) is 1. The lowest BCUT2D eigenvalue weighted by atomic mass is 9.80. The van der Waals surface area contributed by atoms with E-state index in [-0.39, 0.29) is 0 Å². The summed E-state index contributed by atoms with van der Waals surface area (Å²) in [5, 5.41) is 13.4. The Labute approximate surface area is 169 Å². The molecule has 4 heteroatoms. The molecule has 2 atom stereocenters. The highest BCUT2D eigenvalue weighted by atomic mass is 16.5. The van der Waals surface area contributed by atoms with Crippen molar-refractivity contribution in [1.29, 1.82) is 0 Å². The third kappa shape index (κ3) is 3.51. The van der Waals surface area contributed by atoms with Crippen LogP contribution in [0, 0.1) is 11.8 Å². The van der Waals surface area contributed by atoms with Gasteiger partial charge in [-0.3, -0.25) is 9.59 Å². The van der Waals surface area contributed by atoms with Gasteiger partial charge in [-0.05, 0) is 48.6 Å². The fraction of sp³-hybridized carbons (Fsp3) is 0.280. The van der Waals surface area contributed by atoms with Gasteiger partial charge in [0.2, 0.25) is 0 Å². The Hall–Kier alpha value is -3.14. The van der Waals surface area contributed by atoms with Crippen molar-refractivity contribution in [3.63, 3.8) is 0 Å². The van der Waals surface area contributed by atoms with Crippen molar-refractivity contribution >= 4 is 33.5 Å². The van der Waals surface area contributed by atoms with Gasteiger partial charge in [-0.1, -0.05) is 61.0 Å². The zero-order valence-electron chi connectivity index (χ0n) is 16.6. The first-order valence-electron chi connectivity index (χ1n) is 10.0. The molecule has 4 rings (SSSR count). The number of ether oxygens (including phenoxy) is 1. The maximum Gasteiger partial charge on any atom is 0.315 e. The molecule has 0 radical (unpaired) electrons. The minimum absolute atomic E-state index is 0.381. The minimum Gasteiger partial charge on any atom is -0.481 e. The number of carbonyl (C=O) groups excluding carboxylic acids is 1. The van der Waals surface area contributed by atoms with Gasteiger partial charge in [0, 0.05) is 10.8 Å². The number of carbonyl (C=O) groups is 2. The van der Waals surface area contributed by atoms with Crippen LogP contribution in [-0.2, 0) is 16.0 Å². The standard InChI is InChI=1S/C25H24O4/c1-3-16-8-6-9-18-14-17-7-4-5-10-19(17)23(22(16)18)29-25(28)20-12-11-15(2)13-21(20)24(26)27/h4-11,14,20-21H,3,12-13H2,1-2H3,(H,26,27). The van der Waals surface area contributed by atoms with Gasteiger partial charge >= 0.3 is 11.9 Å². The normalized spacial score (nSPS) is 19.2. The summed E-state index contributed by atoms with van der Waals surface area (Å²) >= 11 is 0. The molecule has 0 fully saturated rings. The summed E-state index contributed by atoms with van der Waals surface area (Å²) in [7, 11) is 0. The van der Waals surface area contributed by atoms with Crippen LogP contribution in [0.1, 0.15) is 32.3 Å². The summed E-state index contributed by atoms with van der Waals surface area (Å²) in [5.41, 5.74) is 2.11. The number of aryl methyl sites for hydroxylation is 1. The average Bonchev–Trinajstić information content (AvgIpc) is 2.72. The summed E-state index contributed by atoms with van der Waals surface area (Å²) in [6.07, 6.45) is 3.53. The monoisotopic (exact) mass is 388 g/mol. The number of carboxylic acids is 1. The van der Waals surface area contributed by atoms with Crippen LogP contribution in [0.25, 0.3) is 21.5 Å². The number of esters is 1. The zero-order valence-corrected chi connectivity index (χ0v) is 16.6. The molecule has 1 aliphatic rings. The molecule has 3 aromatic rings. The molecule has 0 aromatic heterocycles. The quantitative estimate of drug-likeness (QED) is 0.277. The van der Waals surface area contributed by atoms with Crippen LogP contribution in [0.4, 0.5) is 0 Å². The molecule has 0 aliphatic heterocycles. The molecule has 3 aromatic carbocycles. The van der Waals surface area contributed by atoms with E-state index in [0.717, 1.165) is 39.1 Å². The van der Waals surface area contributed by atoms with Crippen LogP contribution in [0.2, 0.25) is 0 Å². The van der Waals surface area contributed by atoms with Crippen LogP contribution in [0.15, 0.2) is 60.2 Å². The number of fused-ring (bicyclic) bond motifs is 2. The van der Waals surface area contributed by atoms with Crippen LogP contribution in [-0.4, -0.2) is 17.0 Å². The Morgan fingerprint density at radius 3 is 2.59 bits per heavy atom. The van der Waals surface area contributed by atoms with Gasteiger partial charge in [0.05, 0.1) is 11.8 Å². The van der Waals surface area contributed by atoms with Gasteiger partial charge in [-0.25, -0.2) is 0 Å². The van der Waals surface area contributed by atoms with Crippen molar-refractivity contribution in [3.05, 3.63) is 65.7 Å². The van der Waals surface area contributed by atoms with Crippen molar-refractivity contribution in [2.45, 2.75) is 33.1 Å². The molecule has 0 bridgehead atoms. The zero-order chi connectivity index (χ0) is 20.5.